The van der Waals surface area contributed by atoms with Gasteiger partial charge in [-0.25, -0.2) is 4.79 Å². The second-order valence-corrected chi connectivity index (χ2v) is 5.47. The molecule has 0 atom stereocenters. The number of fused-ring (bicyclic) bond motifs is 1. The molecule has 100 valence electrons. The van der Waals surface area contributed by atoms with Crippen LogP contribution >= 0.6 is 22.6 Å². The zero-order chi connectivity index (χ0) is 13.9. The molecule has 0 amide bonds. The monoisotopic (exact) mass is 378 g/mol. The fourth-order valence-electron chi connectivity index (χ4n) is 1.95. The van der Waals surface area contributed by atoms with Gasteiger partial charge in [0.15, 0.2) is 0 Å². The first-order valence-electron chi connectivity index (χ1n) is 6.13. The number of ether oxygens (including phenoxy) is 2. The number of hydrogen-bond acceptors (Lipinski definition) is 3. The molecule has 0 aromatic heterocycles. The van der Waals surface area contributed by atoms with Gasteiger partial charge < -0.3 is 9.47 Å². The Balaban J connectivity index is 1.92. The summed E-state index contributed by atoms with van der Waals surface area (Å²) in [5, 5.41) is 0. The number of cyclic esters (lactones) is 1. The maximum atomic E-state index is 12.0. The molecule has 0 aliphatic carbocycles. The lowest BCUT2D eigenvalue weighted by atomic mass is 10.2. The molecule has 1 aliphatic rings. The molecule has 0 N–H and O–H groups in total. The van der Waals surface area contributed by atoms with Crippen molar-refractivity contribution in [2.75, 3.05) is 6.61 Å². The highest BCUT2D eigenvalue weighted by Gasteiger charge is 2.20. The van der Waals surface area contributed by atoms with Crippen LogP contribution in [0.2, 0.25) is 0 Å². The summed E-state index contributed by atoms with van der Waals surface area (Å²) < 4.78 is 12.1. The van der Waals surface area contributed by atoms with Gasteiger partial charge in [0, 0.05) is 3.57 Å². The zero-order valence-corrected chi connectivity index (χ0v) is 12.7. The van der Waals surface area contributed by atoms with Gasteiger partial charge in [0.2, 0.25) is 0 Å². The van der Waals surface area contributed by atoms with E-state index in [9.17, 15) is 4.79 Å². The summed E-state index contributed by atoms with van der Waals surface area (Å²) in [6, 6.07) is 15.0. The number of benzene rings is 2. The van der Waals surface area contributed by atoms with Crippen LogP contribution in [0, 0.1) is 3.57 Å². The summed E-state index contributed by atoms with van der Waals surface area (Å²) in [6.07, 6.45) is 1.84. The number of esters is 1. The minimum absolute atomic E-state index is 0.244. The molecule has 2 aromatic rings. The Morgan fingerprint density at radius 3 is 2.65 bits per heavy atom. The average molecular weight is 378 g/mol. The summed E-state index contributed by atoms with van der Waals surface area (Å²) in [4.78, 5) is 12.0. The molecule has 3 nitrogen and oxygen atoms in total. The van der Waals surface area contributed by atoms with Crippen LogP contribution in [0.3, 0.4) is 0 Å². The zero-order valence-electron chi connectivity index (χ0n) is 10.5. The molecule has 0 saturated heterocycles. The first-order chi connectivity index (χ1) is 9.74. The number of hydrogen-bond donors (Lipinski definition) is 0. The van der Waals surface area contributed by atoms with Crippen molar-refractivity contribution in [3.05, 3.63) is 69.0 Å². The van der Waals surface area contributed by atoms with Crippen LogP contribution in [-0.4, -0.2) is 12.6 Å². The summed E-state index contributed by atoms with van der Waals surface area (Å²) in [7, 11) is 0. The largest absolute Gasteiger partial charge is 0.485 e. The molecule has 0 bridgehead atoms. The van der Waals surface area contributed by atoms with Crippen molar-refractivity contribution in [2.45, 2.75) is 0 Å². The van der Waals surface area contributed by atoms with E-state index >= 15 is 0 Å². The first kappa shape index (κ1) is 13.2. The number of para-hydroxylation sites is 1. The van der Waals surface area contributed by atoms with E-state index in [2.05, 4.69) is 22.6 Å². The minimum atomic E-state index is -0.379. The Morgan fingerprint density at radius 2 is 1.80 bits per heavy atom. The average Bonchev–Trinajstić information content (AvgIpc) is 2.62. The number of carbonyl (C=O) groups is 1. The van der Waals surface area contributed by atoms with Gasteiger partial charge in [0.25, 0.3) is 0 Å². The lowest BCUT2D eigenvalue weighted by molar-refractivity contribution is 0.0621. The van der Waals surface area contributed by atoms with Gasteiger partial charge in [0.05, 0.1) is 0 Å². The molecular weight excluding hydrogens is 367 g/mol. The molecule has 0 fully saturated rings. The third-order valence-corrected chi connectivity index (χ3v) is 3.90. The van der Waals surface area contributed by atoms with Gasteiger partial charge in [-0.15, -0.1) is 0 Å². The SMILES string of the molecule is O=C1O/C(=C\c2ccccc2I)COc2ccccc21. The van der Waals surface area contributed by atoms with Crippen LogP contribution in [0.25, 0.3) is 6.08 Å². The van der Waals surface area contributed by atoms with Crippen molar-refractivity contribution >= 4 is 34.6 Å². The smallest absolute Gasteiger partial charge is 0.347 e. The van der Waals surface area contributed by atoms with Crippen LogP contribution in [-0.2, 0) is 4.74 Å². The lowest BCUT2D eigenvalue weighted by Crippen LogP contribution is -2.04. The molecule has 3 rings (SSSR count). The number of halogens is 1. The molecule has 0 unspecified atom stereocenters. The highest BCUT2D eigenvalue weighted by molar-refractivity contribution is 14.1. The predicted molar refractivity (Wildman–Crippen MR) is 84.5 cm³/mol. The molecule has 0 radical (unpaired) electrons. The Bertz CT molecular complexity index is 692. The van der Waals surface area contributed by atoms with Crippen LogP contribution in [0.15, 0.2) is 54.3 Å². The van der Waals surface area contributed by atoms with Crippen LogP contribution in [0.4, 0.5) is 0 Å². The van der Waals surface area contributed by atoms with Crippen LogP contribution in [0.5, 0.6) is 5.75 Å². The maximum Gasteiger partial charge on any atom is 0.347 e. The van der Waals surface area contributed by atoms with Crippen molar-refractivity contribution in [2.24, 2.45) is 0 Å². The van der Waals surface area contributed by atoms with E-state index in [1.807, 2.05) is 36.4 Å². The van der Waals surface area contributed by atoms with E-state index in [-0.39, 0.29) is 12.6 Å². The van der Waals surface area contributed by atoms with Crippen molar-refractivity contribution in [3.63, 3.8) is 0 Å². The third-order valence-electron chi connectivity index (χ3n) is 2.92. The van der Waals surface area contributed by atoms with Crippen LogP contribution in [0.1, 0.15) is 15.9 Å². The van der Waals surface area contributed by atoms with Crippen molar-refractivity contribution in [1.82, 2.24) is 0 Å². The van der Waals surface area contributed by atoms with E-state index in [0.29, 0.717) is 17.1 Å². The Kier molecular flexibility index (Phi) is 3.73. The van der Waals surface area contributed by atoms with Crippen LogP contribution < -0.4 is 4.74 Å². The molecule has 4 heteroatoms. The summed E-state index contributed by atoms with van der Waals surface area (Å²) in [5.74, 6) is 0.689. The number of carbonyl (C=O) groups excluding carboxylic acids is 1. The van der Waals surface area contributed by atoms with Crippen molar-refractivity contribution in [1.29, 1.82) is 0 Å². The Labute approximate surface area is 130 Å². The predicted octanol–water partition coefficient (Wildman–Crippen LogP) is 3.88. The maximum absolute atomic E-state index is 12.0. The van der Waals surface area contributed by atoms with E-state index < -0.39 is 0 Å². The van der Waals surface area contributed by atoms with E-state index in [0.717, 1.165) is 9.13 Å². The summed E-state index contributed by atoms with van der Waals surface area (Å²) in [6.45, 7) is 0.244. The highest BCUT2D eigenvalue weighted by Crippen LogP contribution is 2.25. The van der Waals surface area contributed by atoms with Crippen molar-refractivity contribution < 1.29 is 14.3 Å². The quantitative estimate of drug-likeness (QED) is 0.558. The minimum Gasteiger partial charge on any atom is -0.485 e. The number of rotatable bonds is 1. The fourth-order valence-corrected chi connectivity index (χ4v) is 2.49. The standard InChI is InChI=1S/C16H11IO3/c17-14-7-3-1-5-11(14)9-12-10-19-15-8-4-2-6-13(15)16(18)20-12/h1-9H,10H2/b12-9-. The van der Waals surface area contributed by atoms with Gasteiger partial charge in [-0.3, -0.25) is 0 Å². The summed E-state index contributed by atoms with van der Waals surface area (Å²) in [5.41, 5.74) is 1.46. The topological polar surface area (TPSA) is 35.5 Å². The molecular formula is C16H11IO3. The lowest BCUT2D eigenvalue weighted by Gasteiger charge is -2.05. The second kappa shape index (κ2) is 5.66. The molecule has 2 aromatic carbocycles. The Morgan fingerprint density at radius 1 is 1.05 bits per heavy atom. The van der Waals surface area contributed by atoms with Gasteiger partial charge in [-0.1, -0.05) is 30.3 Å². The Hall–Kier alpha value is -1.82. The van der Waals surface area contributed by atoms with E-state index in [1.54, 1.807) is 18.2 Å². The second-order valence-electron chi connectivity index (χ2n) is 4.31. The van der Waals surface area contributed by atoms with Gasteiger partial charge >= 0.3 is 5.97 Å². The molecule has 0 saturated carbocycles. The third kappa shape index (κ3) is 2.70. The van der Waals surface area contributed by atoms with Gasteiger partial charge in [-0.05, 0) is 52.4 Å². The fraction of sp³-hybridized carbons (Fsp3) is 0.0625. The van der Waals surface area contributed by atoms with Crippen molar-refractivity contribution in [3.8, 4) is 5.75 Å². The van der Waals surface area contributed by atoms with Gasteiger partial charge in [-0.2, -0.15) is 0 Å². The summed E-state index contributed by atoms with van der Waals surface area (Å²) >= 11 is 2.25. The highest BCUT2D eigenvalue weighted by atomic mass is 127. The van der Waals surface area contributed by atoms with E-state index in [4.69, 9.17) is 9.47 Å². The molecule has 20 heavy (non-hydrogen) atoms. The molecule has 1 aliphatic heterocycles. The molecule has 0 spiro atoms. The van der Waals surface area contributed by atoms with E-state index in [1.165, 1.54) is 0 Å². The molecule has 1 heterocycles. The first-order valence-corrected chi connectivity index (χ1v) is 7.21. The normalized spacial score (nSPS) is 16.1. The van der Waals surface area contributed by atoms with Gasteiger partial charge in [0.1, 0.15) is 23.7 Å².